The van der Waals surface area contributed by atoms with Crippen molar-refractivity contribution in [3.63, 3.8) is 0 Å². The van der Waals surface area contributed by atoms with E-state index < -0.39 is 0 Å². The number of nitrogens with zero attached hydrogens (tertiary/aromatic N) is 3. The van der Waals surface area contributed by atoms with Crippen LogP contribution in [-0.4, -0.2) is 30.1 Å². The Balaban J connectivity index is 1.48. The standard InChI is InChI=1S/C17H19N5OS/c1-22(2)15-8-7-12(9-18-15)10-19-17(23)20-11-16-21-13-5-3-4-6-14(13)24-16/h3-9H,10-11H2,1-2H3,(H2,19,20,23). The van der Waals surface area contributed by atoms with Crippen LogP contribution >= 0.6 is 11.3 Å². The number of aromatic nitrogens is 2. The van der Waals surface area contributed by atoms with E-state index in [0.29, 0.717) is 13.1 Å². The number of thiazole rings is 1. The van der Waals surface area contributed by atoms with Crippen LogP contribution in [0, 0.1) is 0 Å². The maximum absolute atomic E-state index is 11.9. The van der Waals surface area contributed by atoms with Crippen LogP contribution in [-0.2, 0) is 13.1 Å². The molecule has 0 bridgehead atoms. The van der Waals surface area contributed by atoms with E-state index >= 15 is 0 Å². The average molecular weight is 341 g/mol. The summed E-state index contributed by atoms with van der Waals surface area (Å²) in [5.41, 5.74) is 1.92. The minimum absolute atomic E-state index is 0.217. The number of nitrogens with one attached hydrogen (secondary N) is 2. The summed E-state index contributed by atoms with van der Waals surface area (Å²) in [6.45, 7) is 0.857. The fourth-order valence-electron chi connectivity index (χ4n) is 2.18. The predicted octanol–water partition coefficient (Wildman–Crippen LogP) is 2.76. The summed E-state index contributed by atoms with van der Waals surface area (Å²) in [5.74, 6) is 0.888. The lowest BCUT2D eigenvalue weighted by Gasteiger charge is -2.11. The monoisotopic (exact) mass is 341 g/mol. The van der Waals surface area contributed by atoms with E-state index in [-0.39, 0.29) is 6.03 Å². The van der Waals surface area contributed by atoms with Crippen LogP contribution in [0.25, 0.3) is 10.2 Å². The van der Waals surface area contributed by atoms with E-state index in [9.17, 15) is 4.79 Å². The number of benzene rings is 1. The number of pyridine rings is 1. The van der Waals surface area contributed by atoms with Gasteiger partial charge in [-0.1, -0.05) is 18.2 Å². The molecule has 24 heavy (non-hydrogen) atoms. The van der Waals surface area contributed by atoms with Gasteiger partial charge in [0.25, 0.3) is 0 Å². The highest BCUT2D eigenvalue weighted by Crippen LogP contribution is 2.21. The first kappa shape index (κ1) is 16.2. The van der Waals surface area contributed by atoms with E-state index in [2.05, 4.69) is 20.6 Å². The molecule has 0 fully saturated rings. The fraction of sp³-hybridized carbons (Fsp3) is 0.235. The van der Waals surface area contributed by atoms with Crippen molar-refractivity contribution in [3.8, 4) is 0 Å². The minimum atomic E-state index is -0.217. The molecule has 2 aromatic heterocycles. The highest BCUT2D eigenvalue weighted by molar-refractivity contribution is 7.18. The molecule has 0 spiro atoms. The summed E-state index contributed by atoms with van der Waals surface area (Å²) in [5, 5.41) is 6.55. The first-order chi connectivity index (χ1) is 11.6. The van der Waals surface area contributed by atoms with Gasteiger partial charge in [-0.3, -0.25) is 0 Å². The number of carbonyl (C=O) groups is 1. The third-order valence-electron chi connectivity index (χ3n) is 3.46. The van der Waals surface area contributed by atoms with Crippen molar-refractivity contribution in [2.75, 3.05) is 19.0 Å². The van der Waals surface area contributed by atoms with Crippen molar-refractivity contribution in [3.05, 3.63) is 53.2 Å². The van der Waals surface area contributed by atoms with E-state index in [4.69, 9.17) is 0 Å². The van der Waals surface area contributed by atoms with Crippen molar-refractivity contribution in [2.45, 2.75) is 13.1 Å². The van der Waals surface area contributed by atoms with E-state index in [1.54, 1.807) is 17.5 Å². The smallest absolute Gasteiger partial charge is 0.315 e. The molecule has 0 aliphatic rings. The van der Waals surface area contributed by atoms with Crippen LogP contribution in [0.4, 0.5) is 10.6 Å². The SMILES string of the molecule is CN(C)c1ccc(CNC(=O)NCc2nc3ccccc3s2)cn1. The Hall–Kier alpha value is -2.67. The number of urea groups is 1. The van der Waals surface area contributed by atoms with Crippen molar-refractivity contribution < 1.29 is 4.79 Å². The predicted molar refractivity (Wildman–Crippen MR) is 97.3 cm³/mol. The molecule has 7 heteroatoms. The maximum Gasteiger partial charge on any atom is 0.315 e. The highest BCUT2D eigenvalue weighted by atomic mass is 32.1. The Morgan fingerprint density at radius 1 is 1.12 bits per heavy atom. The third kappa shape index (κ3) is 3.99. The lowest BCUT2D eigenvalue weighted by molar-refractivity contribution is 0.240. The molecule has 0 saturated heterocycles. The summed E-state index contributed by atoms with van der Waals surface area (Å²) in [6.07, 6.45) is 1.77. The van der Waals surface area contributed by atoms with Gasteiger partial charge in [-0.05, 0) is 23.8 Å². The number of amides is 2. The van der Waals surface area contributed by atoms with Gasteiger partial charge in [0.2, 0.25) is 0 Å². The molecular formula is C17H19N5OS. The Kier molecular flexibility index (Phi) is 4.90. The van der Waals surface area contributed by atoms with Crippen LogP contribution in [0.2, 0.25) is 0 Å². The molecular weight excluding hydrogens is 322 g/mol. The zero-order chi connectivity index (χ0) is 16.9. The first-order valence-electron chi connectivity index (χ1n) is 7.60. The molecule has 0 aliphatic heterocycles. The second kappa shape index (κ2) is 7.27. The maximum atomic E-state index is 11.9. The third-order valence-corrected chi connectivity index (χ3v) is 4.50. The molecule has 0 aliphatic carbocycles. The number of carbonyl (C=O) groups excluding carboxylic acids is 1. The molecule has 2 amide bonds. The number of fused-ring (bicyclic) bond motifs is 1. The molecule has 2 heterocycles. The number of para-hydroxylation sites is 1. The number of hydrogen-bond donors (Lipinski definition) is 2. The van der Waals surface area contributed by atoms with Gasteiger partial charge in [-0.25, -0.2) is 14.8 Å². The van der Waals surface area contributed by atoms with Crippen LogP contribution in [0.5, 0.6) is 0 Å². The summed E-state index contributed by atoms with van der Waals surface area (Å²) in [7, 11) is 3.88. The van der Waals surface area contributed by atoms with Crippen LogP contribution < -0.4 is 15.5 Å². The topological polar surface area (TPSA) is 70.2 Å². The van der Waals surface area contributed by atoms with Crippen molar-refractivity contribution in [1.29, 1.82) is 0 Å². The minimum Gasteiger partial charge on any atom is -0.363 e. The van der Waals surface area contributed by atoms with Crippen LogP contribution in [0.3, 0.4) is 0 Å². The van der Waals surface area contributed by atoms with E-state index in [1.165, 1.54) is 0 Å². The quantitative estimate of drug-likeness (QED) is 0.749. The van der Waals surface area contributed by atoms with Crippen molar-refractivity contribution in [2.24, 2.45) is 0 Å². The van der Waals surface area contributed by atoms with Gasteiger partial charge in [0.15, 0.2) is 0 Å². The summed E-state index contributed by atoms with van der Waals surface area (Å²) in [6, 6.07) is 11.6. The number of anilines is 1. The molecule has 124 valence electrons. The second-order valence-electron chi connectivity index (χ2n) is 5.53. The molecule has 0 unspecified atom stereocenters. The van der Waals surface area contributed by atoms with Gasteiger partial charge in [0.1, 0.15) is 10.8 Å². The molecule has 3 rings (SSSR count). The van der Waals surface area contributed by atoms with Gasteiger partial charge in [0.05, 0.1) is 16.8 Å². The van der Waals surface area contributed by atoms with E-state index in [1.807, 2.05) is 55.4 Å². The Bertz CT molecular complexity index is 795. The van der Waals surface area contributed by atoms with Crippen molar-refractivity contribution in [1.82, 2.24) is 20.6 Å². The molecule has 1 aromatic carbocycles. The lowest BCUT2D eigenvalue weighted by atomic mass is 10.3. The highest BCUT2D eigenvalue weighted by Gasteiger charge is 2.06. The van der Waals surface area contributed by atoms with Gasteiger partial charge >= 0.3 is 6.03 Å². The van der Waals surface area contributed by atoms with Gasteiger partial charge < -0.3 is 15.5 Å². The van der Waals surface area contributed by atoms with Gasteiger partial charge in [0, 0.05) is 26.8 Å². The van der Waals surface area contributed by atoms with Crippen molar-refractivity contribution >= 4 is 33.4 Å². The Labute approximate surface area is 144 Å². The zero-order valence-electron chi connectivity index (χ0n) is 13.6. The zero-order valence-corrected chi connectivity index (χ0v) is 14.4. The molecule has 2 N–H and O–H groups in total. The molecule has 0 radical (unpaired) electrons. The van der Waals surface area contributed by atoms with E-state index in [0.717, 1.165) is 26.6 Å². The van der Waals surface area contributed by atoms with Crippen LogP contribution in [0.1, 0.15) is 10.6 Å². The normalized spacial score (nSPS) is 10.6. The fourth-order valence-corrected chi connectivity index (χ4v) is 3.09. The van der Waals surface area contributed by atoms with Gasteiger partial charge in [-0.15, -0.1) is 11.3 Å². The summed E-state index contributed by atoms with van der Waals surface area (Å²) < 4.78 is 1.13. The lowest BCUT2D eigenvalue weighted by Crippen LogP contribution is -2.34. The second-order valence-corrected chi connectivity index (χ2v) is 6.65. The molecule has 0 atom stereocenters. The average Bonchev–Trinajstić information content (AvgIpc) is 3.01. The molecule has 6 nitrogen and oxygen atoms in total. The number of rotatable bonds is 5. The largest absolute Gasteiger partial charge is 0.363 e. The first-order valence-corrected chi connectivity index (χ1v) is 8.42. The van der Waals surface area contributed by atoms with Gasteiger partial charge in [-0.2, -0.15) is 0 Å². The summed E-state index contributed by atoms with van der Waals surface area (Å²) >= 11 is 1.59. The van der Waals surface area contributed by atoms with Crippen LogP contribution in [0.15, 0.2) is 42.6 Å². The summed E-state index contributed by atoms with van der Waals surface area (Å²) in [4.78, 5) is 22.6. The Morgan fingerprint density at radius 2 is 1.92 bits per heavy atom. The Morgan fingerprint density at radius 3 is 2.62 bits per heavy atom. The molecule has 3 aromatic rings. The number of hydrogen-bond acceptors (Lipinski definition) is 5. The molecule has 0 saturated carbocycles.